The number of carbonyl (C=O) groups excluding carboxylic acids is 4. The van der Waals surface area contributed by atoms with Gasteiger partial charge in [0.05, 0.1) is 23.1 Å². The molecule has 6 nitrogen and oxygen atoms in total. The van der Waals surface area contributed by atoms with Crippen molar-refractivity contribution in [2.24, 2.45) is 11.8 Å². The number of fused-ring (bicyclic) bond motifs is 1. The first-order chi connectivity index (χ1) is 17.4. The minimum atomic E-state index is -0.943. The number of hydrogen-bond acceptors (Lipinski definition) is 5. The van der Waals surface area contributed by atoms with Crippen LogP contribution in [0.3, 0.4) is 0 Å². The number of anilines is 1. The molecule has 0 bridgehead atoms. The van der Waals surface area contributed by atoms with Gasteiger partial charge in [-0.3, -0.25) is 19.3 Å². The van der Waals surface area contributed by atoms with Gasteiger partial charge < -0.3 is 4.74 Å². The molecular weight excluding hydrogens is 454 g/mol. The first-order valence-corrected chi connectivity index (χ1v) is 12.3. The van der Waals surface area contributed by atoms with Crippen LogP contribution in [0.1, 0.15) is 58.4 Å². The molecule has 1 saturated carbocycles. The van der Waals surface area contributed by atoms with Crippen molar-refractivity contribution in [2.75, 3.05) is 4.90 Å². The van der Waals surface area contributed by atoms with Gasteiger partial charge in [0.2, 0.25) is 17.6 Å². The molecule has 3 aromatic carbocycles. The molecule has 182 valence electrons. The highest BCUT2D eigenvalue weighted by Crippen LogP contribution is 2.45. The minimum Gasteiger partial charge on any atom is -0.451 e. The molecule has 2 fully saturated rings. The monoisotopic (exact) mass is 481 g/mol. The summed E-state index contributed by atoms with van der Waals surface area (Å²) in [5.41, 5.74) is 2.36. The number of imide groups is 1. The van der Waals surface area contributed by atoms with Crippen LogP contribution in [0.4, 0.5) is 5.69 Å². The molecule has 1 saturated heterocycles. The fraction of sp³-hybridized carbons (Fsp3) is 0.267. The molecule has 36 heavy (non-hydrogen) atoms. The highest BCUT2D eigenvalue weighted by Gasteiger charge is 2.50. The lowest BCUT2D eigenvalue weighted by Gasteiger charge is -2.28. The van der Waals surface area contributed by atoms with Gasteiger partial charge in [-0.2, -0.15) is 0 Å². The van der Waals surface area contributed by atoms with Crippen molar-refractivity contribution >= 4 is 29.3 Å². The molecule has 0 unspecified atom stereocenters. The summed E-state index contributed by atoms with van der Waals surface area (Å²) in [5, 5.41) is 0. The lowest BCUT2D eigenvalue weighted by atomic mass is 9.73. The summed E-state index contributed by atoms with van der Waals surface area (Å²) < 4.78 is 5.36. The van der Waals surface area contributed by atoms with Crippen LogP contribution in [0.15, 0.2) is 84.9 Å². The first kappa shape index (κ1) is 23.7. The van der Waals surface area contributed by atoms with E-state index in [0.29, 0.717) is 24.1 Å². The van der Waals surface area contributed by atoms with Gasteiger partial charge in [-0.1, -0.05) is 60.7 Å². The molecule has 4 atom stereocenters. The molecule has 1 aliphatic carbocycles. The second-order valence-corrected chi connectivity index (χ2v) is 9.47. The maximum atomic E-state index is 13.3. The molecule has 1 aliphatic heterocycles. The lowest BCUT2D eigenvalue weighted by Crippen LogP contribution is -2.31. The highest BCUT2D eigenvalue weighted by molar-refractivity contribution is 6.22. The van der Waals surface area contributed by atoms with Crippen LogP contribution in [-0.2, 0) is 14.3 Å². The van der Waals surface area contributed by atoms with Gasteiger partial charge >= 0.3 is 5.97 Å². The molecule has 0 spiro atoms. The normalized spacial score (nSPS) is 22.1. The van der Waals surface area contributed by atoms with Crippen molar-refractivity contribution in [1.82, 2.24) is 0 Å². The van der Waals surface area contributed by atoms with E-state index in [1.165, 1.54) is 29.5 Å². The average molecular weight is 482 g/mol. The van der Waals surface area contributed by atoms with E-state index >= 15 is 0 Å². The number of ether oxygens (including phenoxy) is 1. The van der Waals surface area contributed by atoms with Crippen LogP contribution in [-0.4, -0.2) is 29.7 Å². The van der Waals surface area contributed by atoms with Gasteiger partial charge in [-0.25, -0.2) is 4.79 Å². The Morgan fingerprint density at radius 1 is 0.778 bits per heavy atom. The molecule has 0 N–H and O–H groups in total. The number of carbonyl (C=O) groups is 4. The Morgan fingerprint density at radius 2 is 1.39 bits per heavy atom. The summed E-state index contributed by atoms with van der Waals surface area (Å²) in [5.74, 6) is -1.64. The van der Waals surface area contributed by atoms with E-state index in [1.807, 2.05) is 18.2 Å². The van der Waals surface area contributed by atoms with Crippen LogP contribution in [0.2, 0.25) is 0 Å². The van der Waals surface area contributed by atoms with Gasteiger partial charge in [0.1, 0.15) is 0 Å². The second kappa shape index (κ2) is 9.90. The summed E-state index contributed by atoms with van der Waals surface area (Å²) in [6, 6.07) is 25.0. The fourth-order valence-electron chi connectivity index (χ4n) is 5.33. The Kier molecular flexibility index (Phi) is 6.51. The number of nitrogens with zero attached hydrogens (tertiary/aromatic N) is 1. The Labute approximate surface area is 209 Å². The third-order valence-electron chi connectivity index (χ3n) is 7.27. The number of hydrogen-bond donors (Lipinski definition) is 0. The molecule has 6 heteroatoms. The van der Waals surface area contributed by atoms with E-state index in [0.717, 1.165) is 6.42 Å². The largest absolute Gasteiger partial charge is 0.451 e. The number of amides is 2. The Balaban J connectivity index is 1.26. The number of ketones is 1. The Hall–Kier alpha value is -4.06. The molecule has 1 heterocycles. The molecular formula is C30H27NO5. The molecule has 2 amide bonds. The predicted octanol–water partition coefficient (Wildman–Crippen LogP) is 5.19. The number of rotatable bonds is 6. The Bertz CT molecular complexity index is 1290. The van der Waals surface area contributed by atoms with Crippen molar-refractivity contribution in [3.05, 3.63) is 102 Å². The summed E-state index contributed by atoms with van der Waals surface area (Å²) >= 11 is 0. The van der Waals surface area contributed by atoms with Crippen molar-refractivity contribution in [3.8, 4) is 0 Å². The number of Topliss-reactive ketones (excluding diaryl/α,β-unsaturated/α-hetero) is 1. The Morgan fingerprint density at radius 3 is 2.06 bits per heavy atom. The summed E-state index contributed by atoms with van der Waals surface area (Å²) in [7, 11) is 0. The smallest absolute Gasteiger partial charge is 0.338 e. The molecule has 5 rings (SSSR count). The minimum absolute atomic E-state index is 0.172. The SMILES string of the molecule is C[C@@H](OC(=O)c1ccc(N2C(=O)[C@H]3C[C@@H](c4ccccc4)CC[C@H]3C2=O)cc1)C(=O)c1ccccc1. The third kappa shape index (κ3) is 4.47. The van der Waals surface area contributed by atoms with Crippen LogP contribution < -0.4 is 4.90 Å². The van der Waals surface area contributed by atoms with E-state index in [1.54, 1.807) is 42.5 Å². The maximum absolute atomic E-state index is 13.3. The topological polar surface area (TPSA) is 80.8 Å². The second-order valence-electron chi connectivity index (χ2n) is 9.47. The van der Waals surface area contributed by atoms with Crippen LogP contribution in [0.25, 0.3) is 0 Å². The standard InChI is InChI=1S/C30H27NO5/c1-19(27(32)21-10-6-3-7-11-21)36-30(35)22-12-15-24(16-13-22)31-28(33)25-17-14-23(18-26(25)29(31)34)20-8-4-2-5-9-20/h2-13,15-16,19,23,25-26H,14,17-18H2,1H3/t19-,23+,25-,26+/m1/s1. The number of esters is 1. The first-order valence-electron chi connectivity index (χ1n) is 12.3. The average Bonchev–Trinajstić information content (AvgIpc) is 3.18. The van der Waals surface area contributed by atoms with Gasteiger partial charge in [0.25, 0.3) is 0 Å². The van der Waals surface area contributed by atoms with Crippen molar-refractivity contribution in [2.45, 2.75) is 38.2 Å². The van der Waals surface area contributed by atoms with E-state index in [2.05, 4.69) is 12.1 Å². The van der Waals surface area contributed by atoms with Gasteiger partial charge in [-0.15, -0.1) is 0 Å². The van der Waals surface area contributed by atoms with E-state index in [4.69, 9.17) is 4.74 Å². The summed E-state index contributed by atoms with van der Waals surface area (Å²) in [6.45, 7) is 1.54. The third-order valence-corrected chi connectivity index (χ3v) is 7.27. The molecule has 2 aliphatic rings. The van der Waals surface area contributed by atoms with Crippen molar-refractivity contribution < 1.29 is 23.9 Å². The zero-order chi connectivity index (χ0) is 25.2. The van der Waals surface area contributed by atoms with Gasteiger partial charge in [-0.05, 0) is 61.9 Å². The zero-order valence-corrected chi connectivity index (χ0v) is 20.0. The lowest BCUT2D eigenvalue weighted by molar-refractivity contribution is -0.122. The van der Waals surface area contributed by atoms with Crippen LogP contribution in [0, 0.1) is 11.8 Å². The summed E-state index contributed by atoms with van der Waals surface area (Å²) in [4.78, 5) is 52.8. The molecule has 0 radical (unpaired) electrons. The number of benzene rings is 3. The fourth-order valence-corrected chi connectivity index (χ4v) is 5.33. The quantitative estimate of drug-likeness (QED) is 0.275. The molecule has 0 aromatic heterocycles. The zero-order valence-electron chi connectivity index (χ0n) is 20.0. The van der Waals surface area contributed by atoms with E-state index < -0.39 is 12.1 Å². The maximum Gasteiger partial charge on any atom is 0.338 e. The molecule has 3 aromatic rings. The summed E-state index contributed by atoms with van der Waals surface area (Å²) in [6.07, 6.45) is 1.28. The predicted molar refractivity (Wildman–Crippen MR) is 135 cm³/mol. The van der Waals surface area contributed by atoms with Crippen molar-refractivity contribution in [1.29, 1.82) is 0 Å². The van der Waals surface area contributed by atoms with Crippen LogP contribution >= 0.6 is 0 Å². The van der Waals surface area contributed by atoms with Crippen molar-refractivity contribution in [3.63, 3.8) is 0 Å². The van der Waals surface area contributed by atoms with Crippen LogP contribution in [0.5, 0.6) is 0 Å². The van der Waals surface area contributed by atoms with Gasteiger partial charge in [0, 0.05) is 5.56 Å². The van der Waals surface area contributed by atoms with E-state index in [9.17, 15) is 19.2 Å². The highest BCUT2D eigenvalue weighted by atomic mass is 16.5. The van der Waals surface area contributed by atoms with E-state index in [-0.39, 0.29) is 40.9 Å². The van der Waals surface area contributed by atoms with Gasteiger partial charge in [0.15, 0.2) is 6.10 Å².